The average Bonchev–Trinajstić information content (AvgIpc) is 2.63. The van der Waals surface area contributed by atoms with Gasteiger partial charge in [0.15, 0.2) is 0 Å². The molecule has 1 N–H and O–H groups in total. The minimum atomic E-state index is -0.385. The standard InChI is InChI=1S/C18H13BrN2O4/c1-24-14-5-6-16-15(8-14)17(22)12(10-25-16)9-20-21-18(23)11-3-2-4-13(19)7-11/h2-10H,1H3,(H,21,23)/b20-9+. The SMILES string of the molecule is COc1ccc2occ(/C=N/NC(=O)c3cccc(Br)c3)c(=O)c2c1. The molecule has 0 fully saturated rings. The predicted molar refractivity (Wildman–Crippen MR) is 98.2 cm³/mol. The van der Waals surface area contributed by atoms with Gasteiger partial charge in [-0.3, -0.25) is 9.59 Å². The normalized spacial score (nSPS) is 11.0. The van der Waals surface area contributed by atoms with E-state index in [9.17, 15) is 9.59 Å². The second-order valence-corrected chi connectivity index (χ2v) is 6.01. The Kier molecular flexibility index (Phi) is 4.95. The lowest BCUT2D eigenvalue weighted by Crippen LogP contribution is -2.18. The van der Waals surface area contributed by atoms with E-state index in [1.165, 1.54) is 19.6 Å². The van der Waals surface area contributed by atoms with Gasteiger partial charge < -0.3 is 9.15 Å². The van der Waals surface area contributed by atoms with Gasteiger partial charge in [-0.1, -0.05) is 22.0 Å². The molecule has 25 heavy (non-hydrogen) atoms. The van der Waals surface area contributed by atoms with E-state index in [4.69, 9.17) is 9.15 Å². The number of hydrogen-bond donors (Lipinski definition) is 1. The lowest BCUT2D eigenvalue weighted by Gasteiger charge is -2.02. The molecule has 1 heterocycles. The highest BCUT2D eigenvalue weighted by Gasteiger charge is 2.08. The lowest BCUT2D eigenvalue weighted by atomic mass is 10.2. The Morgan fingerprint density at radius 2 is 2.12 bits per heavy atom. The monoisotopic (exact) mass is 400 g/mol. The molecule has 0 aliphatic heterocycles. The van der Waals surface area contributed by atoms with Gasteiger partial charge in [0.05, 0.1) is 24.3 Å². The average molecular weight is 401 g/mol. The van der Waals surface area contributed by atoms with E-state index in [-0.39, 0.29) is 16.9 Å². The number of fused-ring (bicyclic) bond motifs is 1. The summed E-state index contributed by atoms with van der Waals surface area (Å²) in [5, 5.41) is 4.20. The Hall–Kier alpha value is -2.93. The van der Waals surface area contributed by atoms with Crippen molar-refractivity contribution < 1.29 is 13.9 Å². The molecule has 2 aromatic carbocycles. The fourth-order valence-corrected chi connectivity index (χ4v) is 2.60. The topological polar surface area (TPSA) is 80.9 Å². The molecule has 7 heteroatoms. The number of carbonyl (C=O) groups excluding carboxylic acids is 1. The molecule has 6 nitrogen and oxygen atoms in total. The van der Waals surface area contributed by atoms with Crippen LogP contribution in [0.5, 0.6) is 5.75 Å². The minimum Gasteiger partial charge on any atom is -0.497 e. The summed E-state index contributed by atoms with van der Waals surface area (Å²) < 4.78 is 11.3. The van der Waals surface area contributed by atoms with Gasteiger partial charge in [-0.2, -0.15) is 5.10 Å². The van der Waals surface area contributed by atoms with E-state index >= 15 is 0 Å². The fraction of sp³-hybridized carbons (Fsp3) is 0.0556. The van der Waals surface area contributed by atoms with Gasteiger partial charge >= 0.3 is 0 Å². The molecule has 0 aliphatic carbocycles. The van der Waals surface area contributed by atoms with Crippen LogP contribution in [0, 0.1) is 0 Å². The number of hydrogen-bond acceptors (Lipinski definition) is 5. The van der Waals surface area contributed by atoms with Crippen LogP contribution in [0.4, 0.5) is 0 Å². The van der Waals surface area contributed by atoms with Crippen LogP contribution in [0.3, 0.4) is 0 Å². The van der Waals surface area contributed by atoms with Crippen LogP contribution in [-0.2, 0) is 0 Å². The molecule has 3 aromatic rings. The summed E-state index contributed by atoms with van der Waals surface area (Å²) in [7, 11) is 1.52. The largest absolute Gasteiger partial charge is 0.497 e. The smallest absolute Gasteiger partial charge is 0.271 e. The van der Waals surface area contributed by atoms with Crippen molar-refractivity contribution in [1.29, 1.82) is 0 Å². The summed E-state index contributed by atoms with van der Waals surface area (Å²) in [5.74, 6) is 0.168. The molecule has 1 aromatic heterocycles. The molecule has 0 unspecified atom stereocenters. The molecule has 126 valence electrons. The van der Waals surface area contributed by atoms with Crippen molar-refractivity contribution >= 4 is 39.0 Å². The minimum absolute atomic E-state index is 0.218. The summed E-state index contributed by atoms with van der Waals surface area (Å²) >= 11 is 3.30. The third-order valence-corrected chi connectivity index (χ3v) is 3.96. The van der Waals surface area contributed by atoms with Crippen molar-refractivity contribution in [2.45, 2.75) is 0 Å². The Morgan fingerprint density at radius 3 is 2.88 bits per heavy atom. The summed E-state index contributed by atoms with van der Waals surface area (Å²) in [4.78, 5) is 24.5. The van der Waals surface area contributed by atoms with Crippen LogP contribution < -0.4 is 15.6 Å². The van der Waals surface area contributed by atoms with Gasteiger partial charge in [0.2, 0.25) is 5.43 Å². The zero-order valence-corrected chi connectivity index (χ0v) is 14.7. The molecule has 3 rings (SSSR count). The van der Waals surface area contributed by atoms with Crippen molar-refractivity contribution in [3.63, 3.8) is 0 Å². The predicted octanol–water partition coefficient (Wildman–Crippen LogP) is 3.33. The Balaban J connectivity index is 1.82. The van der Waals surface area contributed by atoms with E-state index in [2.05, 4.69) is 26.5 Å². The van der Waals surface area contributed by atoms with Gasteiger partial charge in [-0.15, -0.1) is 0 Å². The van der Waals surface area contributed by atoms with E-state index < -0.39 is 0 Å². The van der Waals surface area contributed by atoms with Gasteiger partial charge in [0.25, 0.3) is 5.91 Å². The zero-order chi connectivity index (χ0) is 17.8. The first-order chi connectivity index (χ1) is 12.1. The van der Waals surface area contributed by atoms with Crippen molar-refractivity contribution in [3.05, 3.63) is 74.6 Å². The van der Waals surface area contributed by atoms with E-state index in [0.717, 1.165) is 4.47 Å². The highest BCUT2D eigenvalue weighted by molar-refractivity contribution is 9.10. The fourth-order valence-electron chi connectivity index (χ4n) is 2.20. The number of carbonyl (C=O) groups is 1. The summed E-state index contributed by atoms with van der Waals surface area (Å²) in [6.45, 7) is 0. The van der Waals surface area contributed by atoms with Crippen LogP contribution in [0.2, 0.25) is 0 Å². The van der Waals surface area contributed by atoms with Crippen molar-refractivity contribution in [2.24, 2.45) is 5.10 Å². The molecule has 1 amide bonds. The van der Waals surface area contributed by atoms with E-state index in [1.807, 2.05) is 6.07 Å². The molecule has 0 spiro atoms. The summed E-state index contributed by atoms with van der Waals surface area (Å²) in [5.41, 5.74) is 3.22. The third kappa shape index (κ3) is 3.77. The molecule has 0 radical (unpaired) electrons. The lowest BCUT2D eigenvalue weighted by molar-refractivity contribution is 0.0955. The number of nitrogens with one attached hydrogen (secondary N) is 1. The van der Waals surface area contributed by atoms with E-state index in [0.29, 0.717) is 22.3 Å². The molecule has 0 aliphatic rings. The van der Waals surface area contributed by atoms with E-state index in [1.54, 1.807) is 36.4 Å². The highest BCUT2D eigenvalue weighted by Crippen LogP contribution is 2.18. The maximum atomic E-state index is 12.5. The van der Waals surface area contributed by atoms with Gasteiger partial charge in [-0.25, -0.2) is 5.43 Å². The van der Waals surface area contributed by atoms with Crippen molar-refractivity contribution in [2.75, 3.05) is 7.11 Å². The number of amides is 1. The van der Waals surface area contributed by atoms with Crippen LogP contribution in [0.15, 0.2) is 67.5 Å². The van der Waals surface area contributed by atoms with Gasteiger partial charge in [0.1, 0.15) is 17.6 Å². The molecule has 0 bridgehead atoms. The number of nitrogens with zero attached hydrogens (tertiary/aromatic N) is 1. The molecule has 0 atom stereocenters. The second kappa shape index (κ2) is 7.31. The number of methoxy groups -OCH3 is 1. The first kappa shape index (κ1) is 16.9. The molecular formula is C18H13BrN2O4. The summed E-state index contributed by atoms with van der Waals surface area (Å²) in [6, 6.07) is 11.8. The first-order valence-corrected chi connectivity index (χ1v) is 8.06. The van der Waals surface area contributed by atoms with Gasteiger partial charge in [-0.05, 0) is 36.4 Å². The quantitative estimate of drug-likeness (QED) is 0.537. The molecule has 0 saturated carbocycles. The maximum absolute atomic E-state index is 12.5. The van der Waals surface area contributed by atoms with Crippen molar-refractivity contribution in [1.82, 2.24) is 5.43 Å². The molecular weight excluding hydrogens is 388 g/mol. The number of benzene rings is 2. The number of rotatable bonds is 4. The zero-order valence-electron chi connectivity index (χ0n) is 13.2. The Bertz CT molecular complexity index is 1030. The number of halogens is 1. The van der Waals surface area contributed by atoms with Crippen LogP contribution in [-0.4, -0.2) is 19.2 Å². The summed E-state index contributed by atoms with van der Waals surface area (Å²) in [6.07, 6.45) is 2.55. The van der Waals surface area contributed by atoms with Crippen LogP contribution in [0.1, 0.15) is 15.9 Å². The third-order valence-electron chi connectivity index (χ3n) is 3.46. The van der Waals surface area contributed by atoms with Crippen LogP contribution in [0.25, 0.3) is 11.0 Å². The number of ether oxygens (including phenoxy) is 1. The number of hydrazone groups is 1. The highest BCUT2D eigenvalue weighted by atomic mass is 79.9. The first-order valence-electron chi connectivity index (χ1n) is 7.27. The Morgan fingerprint density at radius 1 is 1.28 bits per heavy atom. The second-order valence-electron chi connectivity index (χ2n) is 5.09. The Labute approximate surface area is 151 Å². The van der Waals surface area contributed by atoms with Gasteiger partial charge in [0, 0.05) is 10.0 Å². The maximum Gasteiger partial charge on any atom is 0.271 e. The van der Waals surface area contributed by atoms with Crippen molar-refractivity contribution in [3.8, 4) is 5.75 Å². The van der Waals surface area contributed by atoms with Crippen LogP contribution >= 0.6 is 15.9 Å². The molecule has 0 saturated heterocycles.